The van der Waals surface area contributed by atoms with Crippen molar-refractivity contribution in [1.29, 1.82) is 0 Å². The lowest BCUT2D eigenvalue weighted by Gasteiger charge is -2.04. The summed E-state index contributed by atoms with van der Waals surface area (Å²) in [6.07, 6.45) is 0. The van der Waals surface area contributed by atoms with Gasteiger partial charge < -0.3 is 9.97 Å². The van der Waals surface area contributed by atoms with E-state index in [4.69, 9.17) is 11.6 Å². The van der Waals surface area contributed by atoms with Crippen molar-refractivity contribution < 1.29 is 4.39 Å². The van der Waals surface area contributed by atoms with Gasteiger partial charge in [0.05, 0.1) is 22.1 Å². The largest absolute Gasteiger partial charge is 0.338 e. The Morgan fingerprint density at radius 2 is 1.31 bits per heavy atom. The summed E-state index contributed by atoms with van der Waals surface area (Å²) in [5.41, 5.74) is 4.87. The molecule has 126 valence electrons. The monoisotopic (exact) mass is 362 g/mol. The van der Waals surface area contributed by atoms with Crippen molar-refractivity contribution in [3.05, 3.63) is 71.5 Å². The number of aromatic amines is 2. The second kappa shape index (κ2) is 5.68. The topological polar surface area (TPSA) is 57.4 Å². The first-order valence-corrected chi connectivity index (χ1v) is 8.45. The molecule has 2 aromatic heterocycles. The number of fused-ring (bicyclic) bond motifs is 2. The van der Waals surface area contributed by atoms with Gasteiger partial charge in [-0.1, -0.05) is 35.9 Å². The maximum atomic E-state index is 13.5. The lowest BCUT2D eigenvalue weighted by atomic mass is 10.1. The van der Waals surface area contributed by atoms with E-state index in [-0.39, 0.29) is 5.82 Å². The van der Waals surface area contributed by atoms with Crippen molar-refractivity contribution in [2.24, 2.45) is 0 Å². The van der Waals surface area contributed by atoms with E-state index < -0.39 is 0 Å². The van der Waals surface area contributed by atoms with Gasteiger partial charge in [0.1, 0.15) is 17.5 Å². The highest BCUT2D eigenvalue weighted by Crippen LogP contribution is 2.31. The zero-order chi connectivity index (χ0) is 17.7. The zero-order valence-electron chi connectivity index (χ0n) is 13.4. The zero-order valence-corrected chi connectivity index (χ0v) is 14.2. The van der Waals surface area contributed by atoms with E-state index in [1.165, 1.54) is 12.1 Å². The van der Waals surface area contributed by atoms with Crippen molar-refractivity contribution in [2.45, 2.75) is 0 Å². The van der Waals surface area contributed by atoms with Crippen LogP contribution in [0, 0.1) is 5.82 Å². The van der Waals surface area contributed by atoms with Crippen molar-refractivity contribution in [3.63, 3.8) is 0 Å². The average molecular weight is 363 g/mol. The summed E-state index contributed by atoms with van der Waals surface area (Å²) >= 11 is 6.07. The third kappa shape index (κ3) is 2.45. The number of benzene rings is 3. The molecule has 0 amide bonds. The van der Waals surface area contributed by atoms with Crippen molar-refractivity contribution in [1.82, 2.24) is 19.9 Å². The number of hydrogen-bond donors (Lipinski definition) is 2. The Morgan fingerprint density at radius 1 is 0.731 bits per heavy atom. The molecule has 2 N–H and O–H groups in total. The number of imidazole rings is 2. The minimum Gasteiger partial charge on any atom is -0.338 e. The van der Waals surface area contributed by atoms with Crippen molar-refractivity contribution in [3.8, 4) is 22.8 Å². The van der Waals surface area contributed by atoms with Crippen LogP contribution in [-0.4, -0.2) is 19.9 Å². The van der Waals surface area contributed by atoms with Gasteiger partial charge in [-0.15, -0.1) is 0 Å². The molecular formula is C20H12ClFN4. The molecule has 0 fully saturated rings. The van der Waals surface area contributed by atoms with Crippen LogP contribution in [0.15, 0.2) is 60.7 Å². The van der Waals surface area contributed by atoms with E-state index in [2.05, 4.69) is 19.9 Å². The first-order chi connectivity index (χ1) is 12.7. The summed E-state index contributed by atoms with van der Waals surface area (Å²) in [6, 6.07) is 17.9. The van der Waals surface area contributed by atoms with Crippen LogP contribution in [0.4, 0.5) is 4.39 Å². The van der Waals surface area contributed by atoms with E-state index in [9.17, 15) is 4.39 Å². The standard InChI is InChI=1S/C20H12ClFN4/c21-11-5-7-15-17(9-11)25-19(23-15)13-3-1-2-4-14(13)20-24-16-8-6-12(22)10-18(16)26-20/h1-10H,(H,23,25)(H,24,26). The highest BCUT2D eigenvalue weighted by atomic mass is 35.5. The third-order valence-electron chi connectivity index (χ3n) is 4.33. The second-order valence-electron chi connectivity index (χ2n) is 6.04. The Bertz CT molecular complexity index is 1170. The number of hydrogen-bond acceptors (Lipinski definition) is 2. The number of halogens is 2. The summed E-state index contributed by atoms with van der Waals surface area (Å²) < 4.78 is 13.5. The highest BCUT2D eigenvalue weighted by Gasteiger charge is 2.14. The van der Waals surface area contributed by atoms with Crippen LogP contribution >= 0.6 is 11.6 Å². The van der Waals surface area contributed by atoms with Crippen LogP contribution in [0.3, 0.4) is 0 Å². The summed E-state index contributed by atoms with van der Waals surface area (Å²) in [5, 5.41) is 0.653. The number of aromatic nitrogens is 4. The smallest absolute Gasteiger partial charge is 0.139 e. The van der Waals surface area contributed by atoms with E-state index in [1.807, 2.05) is 42.5 Å². The normalized spacial score (nSPS) is 11.5. The molecule has 0 bridgehead atoms. The highest BCUT2D eigenvalue weighted by molar-refractivity contribution is 6.31. The second-order valence-corrected chi connectivity index (χ2v) is 6.48. The average Bonchev–Trinajstić information content (AvgIpc) is 3.24. The fourth-order valence-electron chi connectivity index (χ4n) is 3.11. The van der Waals surface area contributed by atoms with Gasteiger partial charge in [-0.05, 0) is 36.4 Å². The number of H-pyrrole nitrogens is 2. The van der Waals surface area contributed by atoms with Gasteiger partial charge in [-0.3, -0.25) is 0 Å². The molecular weight excluding hydrogens is 351 g/mol. The molecule has 0 saturated heterocycles. The molecule has 3 aromatic carbocycles. The van der Waals surface area contributed by atoms with Crippen molar-refractivity contribution in [2.75, 3.05) is 0 Å². The molecule has 5 rings (SSSR count). The van der Waals surface area contributed by atoms with Crippen LogP contribution in [0.25, 0.3) is 44.8 Å². The SMILES string of the molecule is Fc1ccc2nc(-c3ccccc3-c3nc4ccc(Cl)cc4[nH]3)[nH]c2c1. The summed E-state index contributed by atoms with van der Waals surface area (Å²) in [4.78, 5) is 15.8. The summed E-state index contributed by atoms with van der Waals surface area (Å²) in [7, 11) is 0. The van der Waals surface area contributed by atoms with Crippen LogP contribution in [0.1, 0.15) is 0 Å². The summed E-state index contributed by atoms with van der Waals surface area (Å²) in [5.74, 6) is 1.10. The van der Waals surface area contributed by atoms with Crippen LogP contribution in [0.2, 0.25) is 5.02 Å². The molecule has 0 radical (unpaired) electrons. The lowest BCUT2D eigenvalue weighted by Crippen LogP contribution is -1.88. The molecule has 0 aliphatic rings. The summed E-state index contributed by atoms with van der Waals surface area (Å²) in [6.45, 7) is 0. The molecule has 5 aromatic rings. The lowest BCUT2D eigenvalue weighted by molar-refractivity contribution is 0.629. The van der Waals surface area contributed by atoms with Gasteiger partial charge in [-0.2, -0.15) is 0 Å². The molecule has 26 heavy (non-hydrogen) atoms. The Morgan fingerprint density at radius 3 is 1.96 bits per heavy atom. The molecule has 0 saturated carbocycles. The predicted molar refractivity (Wildman–Crippen MR) is 102 cm³/mol. The molecule has 0 aliphatic heterocycles. The third-order valence-corrected chi connectivity index (χ3v) is 4.56. The van der Waals surface area contributed by atoms with Gasteiger partial charge in [0.15, 0.2) is 0 Å². The molecule has 6 heteroatoms. The maximum absolute atomic E-state index is 13.5. The van der Waals surface area contributed by atoms with E-state index in [1.54, 1.807) is 6.07 Å². The Hall–Kier alpha value is -3.18. The Balaban J connectivity index is 1.70. The molecule has 4 nitrogen and oxygen atoms in total. The first-order valence-electron chi connectivity index (χ1n) is 8.08. The van der Waals surface area contributed by atoms with E-state index in [0.29, 0.717) is 21.9 Å². The van der Waals surface area contributed by atoms with E-state index >= 15 is 0 Å². The number of rotatable bonds is 2. The van der Waals surface area contributed by atoms with Gasteiger partial charge in [0.25, 0.3) is 0 Å². The van der Waals surface area contributed by atoms with Crippen molar-refractivity contribution >= 4 is 33.7 Å². The Labute approximate surface area is 152 Å². The van der Waals surface area contributed by atoms with Crippen LogP contribution in [-0.2, 0) is 0 Å². The molecule has 0 atom stereocenters. The Kier molecular flexibility index (Phi) is 3.30. The first kappa shape index (κ1) is 15.1. The number of nitrogens with zero attached hydrogens (tertiary/aromatic N) is 2. The molecule has 2 heterocycles. The fourth-order valence-corrected chi connectivity index (χ4v) is 3.29. The van der Waals surface area contributed by atoms with Gasteiger partial charge in [0, 0.05) is 16.1 Å². The predicted octanol–water partition coefficient (Wildman–Crippen LogP) is 5.57. The minimum atomic E-state index is -0.296. The molecule has 0 spiro atoms. The van der Waals surface area contributed by atoms with Gasteiger partial charge >= 0.3 is 0 Å². The fraction of sp³-hybridized carbons (Fsp3) is 0. The van der Waals surface area contributed by atoms with Gasteiger partial charge in [-0.25, -0.2) is 14.4 Å². The van der Waals surface area contributed by atoms with Gasteiger partial charge in [0.2, 0.25) is 0 Å². The van der Waals surface area contributed by atoms with E-state index in [0.717, 1.165) is 28.0 Å². The maximum Gasteiger partial charge on any atom is 0.139 e. The molecule has 0 unspecified atom stereocenters. The minimum absolute atomic E-state index is 0.296. The quantitative estimate of drug-likeness (QED) is 0.431. The number of nitrogens with one attached hydrogen (secondary N) is 2. The van der Waals surface area contributed by atoms with Crippen LogP contribution < -0.4 is 0 Å². The molecule has 0 aliphatic carbocycles. The van der Waals surface area contributed by atoms with Crippen LogP contribution in [0.5, 0.6) is 0 Å².